The third-order valence-corrected chi connectivity index (χ3v) is 6.09. The molecule has 176 valence electrons. The number of piperazine rings is 1. The van der Waals surface area contributed by atoms with Crippen molar-refractivity contribution in [2.24, 2.45) is 0 Å². The molecular weight excluding hydrogens is 422 g/mol. The molecular formula is C24H31N5O4. The molecule has 2 N–H and O–H groups in total. The van der Waals surface area contributed by atoms with Gasteiger partial charge < -0.3 is 34.3 Å². The molecule has 0 radical (unpaired) electrons. The van der Waals surface area contributed by atoms with Crippen LogP contribution < -0.4 is 24.4 Å². The largest absolute Gasteiger partial charge is 0.496 e. The molecule has 1 aliphatic rings. The molecule has 1 fully saturated rings. The average molecular weight is 454 g/mol. The van der Waals surface area contributed by atoms with Gasteiger partial charge in [-0.25, -0.2) is 4.98 Å². The van der Waals surface area contributed by atoms with Crippen LogP contribution in [0.15, 0.2) is 30.5 Å². The molecule has 9 heteroatoms. The summed E-state index contributed by atoms with van der Waals surface area (Å²) in [6.07, 6.45) is 1.82. The third kappa shape index (κ3) is 4.68. The second kappa shape index (κ2) is 9.99. The molecule has 0 saturated carbocycles. The summed E-state index contributed by atoms with van der Waals surface area (Å²) in [5, 5.41) is 3.69. The molecule has 3 heterocycles. The Hall–Kier alpha value is -3.46. The smallest absolute Gasteiger partial charge is 0.268 e. The normalized spacial score (nSPS) is 14.4. The number of amides is 1. The van der Waals surface area contributed by atoms with Gasteiger partial charge in [-0.1, -0.05) is 13.0 Å². The molecule has 1 saturated heterocycles. The quantitative estimate of drug-likeness (QED) is 0.542. The summed E-state index contributed by atoms with van der Waals surface area (Å²) >= 11 is 0. The second-order valence-electron chi connectivity index (χ2n) is 7.91. The van der Waals surface area contributed by atoms with Gasteiger partial charge in [-0.2, -0.15) is 0 Å². The molecule has 0 bridgehead atoms. The predicted octanol–water partition coefficient (Wildman–Crippen LogP) is 2.66. The Labute approximate surface area is 193 Å². The number of carbonyl (C=O) groups is 1. The van der Waals surface area contributed by atoms with E-state index in [-0.39, 0.29) is 5.91 Å². The molecule has 1 aliphatic heterocycles. The minimum absolute atomic E-state index is 0.228. The fraction of sp³-hybridized carbons (Fsp3) is 0.417. The van der Waals surface area contributed by atoms with Crippen molar-refractivity contribution in [2.75, 3.05) is 59.0 Å². The third-order valence-electron chi connectivity index (χ3n) is 6.09. The van der Waals surface area contributed by atoms with Gasteiger partial charge in [0.1, 0.15) is 17.3 Å². The van der Waals surface area contributed by atoms with Crippen molar-refractivity contribution in [2.45, 2.75) is 13.5 Å². The number of anilines is 1. The molecule has 0 atom stereocenters. The lowest BCUT2D eigenvalue weighted by Gasteiger charge is -2.34. The lowest BCUT2D eigenvalue weighted by Crippen LogP contribution is -2.46. The van der Waals surface area contributed by atoms with Crippen molar-refractivity contribution < 1.29 is 19.0 Å². The van der Waals surface area contributed by atoms with Gasteiger partial charge in [-0.15, -0.1) is 0 Å². The van der Waals surface area contributed by atoms with Gasteiger partial charge in [0.15, 0.2) is 11.5 Å². The number of benzene rings is 1. The van der Waals surface area contributed by atoms with Crippen LogP contribution in [0.4, 0.5) is 5.82 Å². The van der Waals surface area contributed by atoms with Crippen LogP contribution in [0.2, 0.25) is 0 Å². The van der Waals surface area contributed by atoms with Gasteiger partial charge in [0, 0.05) is 50.4 Å². The van der Waals surface area contributed by atoms with Crippen molar-refractivity contribution in [3.63, 3.8) is 0 Å². The van der Waals surface area contributed by atoms with E-state index in [0.29, 0.717) is 35.0 Å². The van der Waals surface area contributed by atoms with Gasteiger partial charge in [0.25, 0.3) is 5.91 Å². The highest BCUT2D eigenvalue weighted by Gasteiger charge is 2.20. The van der Waals surface area contributed by atoms with Crippen LogP contribution in [0.3, 0.4) is 0 Å². The Morgan fingerprint density at radius 2 is 1.82 bits per heavy atom. The summed E-state index contributed by atoms with van der Waals surface area (Å²) in [6.45, 7) is 7.73. The maximum atomic E-state index is 12.8. The summed E-state index contributed by atoms with van der Waals surface area (Å²) < 4.78 is 16.3. The number of ether oxygens (including phenoxy) is 3. The standard InChI is InChI=1S/C24H31N5O4/c1-5-28-8-10-29(11-9-28)21-7-6-16(14-25-21)15-26-24(30)18-12-17-19(31-2)13-20(32-3)23(33-4)22(17)27-18/h6-7,12-14,27H,5,8-11,15H2,1-4H3,(H,26,30). The fourth-order valence-corrected chi connectivity index (χ4v) is 4.14. The summed E-state index contributed by atoms with van der Waals surface area (Å²) in [5.74, 6) is 2.39. The zero-order valence-electron chi connectivity index (χ0n) is 19.6. The number of pyridine rings is 1. The molecule has 33 heavy (non-hydrogen) atoms. The van der Waals surface area contributed by atoms with Crippen molar-refractivity contribution in [1.82, 2.24) is 20.2 Å². The van der Waals surface area contributed by atoms with E-state index in [9.17, 15) is 4.79 Å². The Morgan fingerprint density at radius 1 is 1.06 bits per heavy atom. The van der Waals surface area contributed by atoms with Gasteiger partial charge in [-0.05, 0) is 24.2 Å². The van der Waals surface area contributed by atoms with E-state index in [1.807, 2.05) is 18.3 Å². The van der Waals surface area contributed by atoms with E-state index < -0.39 is 0 Å². The van der Waals surface area contributed by atoms with Crippen LogP contribution in [0.25, 0.3) is 10.9 Å². The van der Waals surface area contributed by atoms with Gasteiger partial charge >= 0.3 is 0 Å². The Bertz CT molecular complexity index is 1100. The Balaban J connectivity index is 1.43. The molecule has 0 aliphatic carbocycles. The molecule has 3 aromatic rings. The summed E-state index contributed by atoms with van der Waals surface area (Å²) in [6, 6.07) is 7.53. The summed E-state index contributed by atoms with van der Waals surface area (Å²) in [4.78, 5) is 25.3. The van der Waals surface area contributed by atoms with E-state index in [4.69, 9.17) is 14.2 Å². The van der Waals surface area contributed by atoms with E-state index >= 15 is 0 Å². The fourth-order valence-electron chi connectivity index (χ4n) is 4.14. The maximum Gasteiger partial charge on any atom is 0.268 e. The number of likely N-dealkylation sites (N-methyl/N-ethyl adjacent to an activating group) is 1. The molecule has 0 unspecified atom stereocenters. The van der Waals surface area contributed by atoms with Crippen molar-refractivity contribution >= 4 is 22.6 Å². The van der Waals surface area contributed by atoms with Crippen LogP contribution in [0.5, 0.6) is 17.2 Å². The monoisotopic (exact) mass is 453 g/mol. The molecule has 1 amide bonds. The number of methoxy groups -OCH3 is 3. The number of hydrogen-bond donors (Lipinski definition) is 2. The van der Waals surface area contributed by atoms with Crippen LogP contribution in [-0.4, -0.2) is 74.8 Å². The van der Waals surface area contributed by atoms with Gasteiger partial charge in [0.05, 0.1) is 26.8 Å². The first kappa shape index (κ1) is 22.7. The lowest BCUT2D eigenvalue weighted by atomic mass is 10.2. The summed E-state index contributed by atoms with van der Waals surface area (Å²) in [5.41, 5.74) is 1.99. The SMILES string of the molecule is CCN1CCN(c2ccc(CNC(=O)c3cc4c(OC)cc(OC)c(OC)c4[nH]3)cn2)CC1. The van der Waals surface area contributed by atoms with Crippen molar-refractivity contribution in [1.29, 1.82) is 0 Å². The second-order valence-corrected chi connectivity index (χ2v) is 7.91. The number of aromatic nitrogens is 2. The lowest BCUT2D eigenvalue weighted by molar-refractivity contribution is 0.0946. The molecule has 9 nitrogen and oxygen atoms in total. The minimum Gasteiger partial charge on any atom is -0.496 e. The number of H-pyrrole nitrogens is 1. The number of fused-ring (bicyclic) bond motifs is 1. The average Bonchev–Trinajstić information content (AvgIpc) is 3.32. The number of nitrogens with zero attached hydrogens (tertiary/aromatic N) is 3. The van der Waals surface area contributed by atoms with Crippen LogP contribution in [0, 0.1) is 0 Å². The van der Waals surface area contributed by atoms with Crippen LogP contribution in [-0.2, 0) is 6.54 Å². The highest BCUT2D eigenvalue weighted by atomic mass is 16.5. The van der Waals surface area contributed by atoms with Crippen molar-refractivity contribution in [3.05, 3.63) is 41.7 Å². The minimum atomic E-state index is -0.228. The molecule has 4 rings (SSSR count). The van der Waals surface area contributed by atoms with E-state index in [1.54, 1.807) is 33.5 Å². The highest BCUT2D eigenvalue weighted by Crippen LogP contribution is 2.41. The number of nitrogens with one attached hydrogen (secondary N) is 2. The molecule has 1 aromatic carbocycles. The first-order chi connectivity index (χ1) is 16.1. The Kier molecular flexibility index (Phi) is 6.88. The van der Waals surface area contributed by atoms with Crippen molar-refractivity contribution in [3.8, 4) is 17.2 Å². The molecule has 0 spiro atoms. The summed E-state index contributed by atoms with van der Waals surface area (Å²) in [7, 11) is 4.70. The maximum absolute atomic E-state index is 12.8. The zero-order valence-corrected chi connectivity index (χ0v) is 19.6. The number of carbonyl (C=O) groups excluding carboxylic acids is 1. The number of rotatable bonds is 8. The predicted molar refractivity (Wildman–Crippen MR) is 128 cm³/mol. The Morgan fingerprint density at radius 3 is 2.42 bits per heavy atom. The first-order valence-electron chi connectivity index (χ1n) is 11.1. The highest BCUT2D eigenvalue weighted by molar-refractivity contribution is 6.02. The van der Waals surface area contributed by atoms with Crippen LogP contribution >= 0.6 is 0 Å². The van der Waals surface area contributed by atoms with Gasteiger partial charge in [-0.3, -0.25) is 4.79 Å². The van der Waals surface area contributed by atoms with E-state index in [1.165, 1.54) is 0 Å². The first-order valence-corrected chi connectivity index (χ1v) is 11.1. The van der Waals surface area contributed by atoms with Gasteiger partial charge in [0.2, 0.25) is 0 Å². The molecule has 2 aromatic heterocycles. The van der Waals surface area contributed by atoms with E-state index in [0.717, 1.165) is 49.5 Å². The number of aromatic amines is 1. The van der Waals surface area contributed by atoms with E-state index in [2.05, 4.69) is 32.0 Å². The number of hydrogen-bond acceptors (Lipinski definition) is 7. The van der Waals surface area contributed by atoms with Crippen LogP contribution in [0.1, 0.15) is 23.0 Å². The zero-order chi connectivity index (χ0) is 23.4. The topological polar surface area (TPSA) is 92.0 Å².